The van der Waals surface area contributed by atoms with Crippen LogP contribution < -0.4 is 10.6 Å². The van der Waals surface area contributed by atoms with Gasteiger partial charge in [-0.15, -0.1) is 0 Å². The number of benzene rings is 1. The van der Waals surface area contributed by atoms with Crippen LogP contribution in [0.5, 0.6) is 0 Å². The molecule has 0 aliphatic rings. The summed E-state index contributed by atoms with van der Waals surface area (Å²) in [6.07, 6.45) is 1.82. The van der Waals surface area contributed by atoms with E-state index in [4.69, 9.17) is 5.73 Å². The molecule has 0 radical (unpaired) electrons. The molecule has 0 bridgehead atoms. The van der Waals surface area contributed by atoms with Gasteiger partial charge in [-0.3, -0.25) is 0 Å². The number of nitrogens with zero attached hydrogens (tertiary/aromatic N) is 2. The lowest BCUT2D eigenvalue weighted by Gasteiger charge is -2.21. The summed E-state index contributed by atoms with van der Waals surface area (Å²) in [6, 6.07) is 12.2. The van der Waals surface area contributed by atoms with Crippen LogP contribution in [0.4, 0.5) is 11.5 Å². The van der Waals surface area contributed by atoms with E-state index in [0.717, 1.165) is 17.1 Å². The van der Waals surface area contributed by atoms with Crippen LogP contribution >= 0.6 is 0 Å². The molecule has 1 heterocycles. The Morgan fingerprint density at radius 3 is 2.53 bits per heavy atom. The Hall–Kier alpha value is -1.87. The van der Waals surface area contributed by atoms with E-state index in [1.54, 1.807) is 0 Å². The van der Waals surface area contributed by atoms with E-state index in [1.165, 1.54) is 5.56 Å². The first-order valence-corrected chi connectivity index (χ1v) is 5.67. The molecule has 3 nitrogen and oxygen atoms in total. The Morgan fingerprint density at radius 2 is 1.88 bits per heavy atom. The summed E-state index contributed by atoms with van der Waals surface area (Å²) in [5.74, 6) is 0.929. The number of hydrogen-bond donors (Lipinski definition) is 1. The van der Waals surface area contributed by atoms with Crippen molar-refractivity contribution in [1.82, 2.24) is 4.98 Å². The highest BCUT2D eigenvalue weighted by molar-refractivity contribution is 5.63. The molecule has 0 fully saturated rings. The van der Waals surface area contributed by atoms with Crippen molar-refractivity contribution in [3.8, 4) is 0 Å². The van der Waals surface area contributed by atoms with Crippen molar-refractivity contribution in [2.24, 2.45) is 5.73 Å². The second kappa shape index (κ2) is 4.97. The summed E-state index contributed by atoms with van der Waals surface area (Å²) < 4.78 is 0. The van der Waals surface area contributed by atoms with E-state index in [1.807, 2.05) is 37.5 Å². The topological polar surface area (TPSA) is 42.2 Å². The zero-order valence-corrected chi connectivity index (χ0v) is 10.2. The van der Waals surface area contributed by atoms with Crippen molar-refractivity contribution in [3.05, 3.63) is 53.7 Å². The number of hydrogen-bond acceptors (Lipinski definition) is 3. The number of aromatic nitrogens is 1. The number of aryl methyl sites for hydroxylation is 1. The van der Waals surface area contributed by atoms with Gasteiger partial charge in [0.2, 0.25) is 0 Å². The molecule has 0 saturated carbocycles. The fraction of sp³-hybridized carbons (Fsp3) is 0.214. The van der Waals surface area contributed by atoms with Gasteiger partial charge in [0.1, 0.15) is 5.82 Å². The summed E-state index contributed by atoms with van der Waals surface area (Å²) in [7, 11) is 2.01. The van der Waals surface area contributed by atoms with Crippen LogP contribution in [-0.4, -0.2) is 12.0 Å². The number of anilines is 2. The number of para-hydroxylation sites is 1. The minimum absolute atomic E-state index is 0.506. The number of rotatable bonds is 3. The van der Waals surface area contributed by atoms with Crippen LogP contribution in [0.25, 0.3) is 0 Å². The molecule has 0 aliphatic heterocycles. The van der Waals surface area contributed by atoms with Crippen LogP contribution in [0.2, 0.25) is 0 Å². The molecule has 2 N–H and O–H groups in total. The SMILES string of the molecule is Cc1ccnc(N(C)c2ccccc2)c1CN. The van der Waals surface area contributed by atoms with Crippen LogP contribution in [0.15, 0.2) is 42.6 Å². The number of pyridine rings is 1. The monoisotopic (exact) mass is 227 g/mol. The van der Waals surface area contributed by atoms with Gasteiger partial charge in [0.25, 0.3) is 0 Å². The van der Waals surface area contributed by atoms with E-state index < -0.39 is 0 Å². The molecule has 3 heteroatoms. The molecular formula is C14H17N3. The van der Waals surface area contributed by atoms with E-state index in [2.05, 4.69) is 28.9 Å². The Kier molecular flexibility index (Phi) is 3.40. The van der Waals surface area contributed by atoms with E-state index in [-0.39, 0.29) is 0 Å². The van der Waals surface area contributed by atoms with E-state index >= 15 is 0 Å². The lowest BCUT2D eigenvalue weighted by atomic mass is 10.1. The predicted octanol–water partition coefficient (Wildman–Crippen LogP) is 2.62. The molecule has 0 atom stereocenters. The van der Waals surface area contributed by atoms with Crippen LogP contribution in [0.1, 0.15) is 11.1 Å². The highest BCUT2D eigenvalue weighted by atomic mass is 15.2. The quantitative estimate of drug-likeness (QED) is 0.876. The summed E-state index contributed by atoms with van der Waals surface area (Å²) in [5, 5.41) is 0. The van der Waals surface area contributed by atoms with Gasteiger partial charge < -0.3 is 10.6 Å². The first-order valence-electron chi connectivity index (χ1n) is 5.67. The van der Waals surface area contributed by atoms with Crippen molar-refractivity contribution in [1.29, 1.82) is 0 Å². The summed E-state index contributed by atoms with van der Waals surface area (Å²) in [4.78, 5) is 6.50. The molecule has 0 saturated heterocycles. The normalized spacial score (nSPS) is 10.3. The molecular weight excluding hydrogens is 210 g/mol. The second-order valence-electron chi connectivity index (χ2n) is 4.03. The first-order chi connectivity index (χ1) is 8.24. The summed E-state index contributed by atoms with van der Waals surface area (Å²) >= 11 is 0. The Bertz CT molecular complexity index is 494. The van der Waals surface area contributed by atoms with Gasteiger partial charge in [-0.25, -0.2) is 4.98 Å². The van der Waals surface area contributed by atoms with Crippen molar-refractivity contribution >= 4 is 11.5 Å². The molecule has 17 heavy (non-hydrogen) atoms. The average molecular weight is 227 g/mol. The maximum Gasteiger partial charge on any atom is 0.137 e. The van der Waals surface area contributed by atoms with E-state index in [9.17, 15) is 0 Å². The lowest BCUT2D eigenvalue weighted by molar-refractivity contribution is 0.992. The summed E-state index contributed by atoms with van der Waals surface area (Å²) in [5.41, 5.74) is 9.19. The molecule has 2 rings (SSSR count). The van der Waals surface area contributed by atoms with Crippen molar-refractivity contribution < 1.29 is 0 Å². The third kappa shape index (κ3) is 2.29. The van der Waals surface area contributed by atoms with Gasteiger partial charge in [0.15, 0.2) is 0 Å². The fourth-order valence-corrected chi connectivity index (χ4v) is 1.89. The molecule has 0 amide bonds. The van der Waals surface area contributed by atoms with Crippen molar-refractivity contribution in [2.75, 3.05) is 11.9 Å². The average Bonchev–Trinajstić information content (AvgIpc) is 2.38. The zero-order valence-electron chi connectivity index (χ0n) is 10.2. The Morgan fingerprint density at radius 1 is 1.18 bits per heavy atom. The van der Waals surface area contributed by atoms with Crippen LogP contribution in [-0.2, 0) is 6.54 Å². The maximum atomic E-state index is 5.80. The highest BCUT2D eigenvalue weighted by Crippen LogP contribution is 2.25. The van der Waals surface area contributed by atoms with Gasteiger partial charge in [-0.2, -0.15) is 0 Å². The van der Waals surface area contributed by atoms with Crippen molar-refractivity contribution in [3.63, 3.8) is 0 Å². The lowest BCUT2D eigenvalue weighted by Crippen LogP contribution is -2.15. The zero-order chi connectivity index (χ0) is 12.3. The number of nitrogens with two attached hydrogens (primary N) is 1. The Labute approximate surface area is 102 Å². The molecule has 88 valence electrons. The van der Waals surface area contributed by atoms with Gasteiger partial charge in [0, 0.05) is 31.0 Å². The third-order valence-electron chi connectivity index (χ3n) is 2.93. The highest BCUT2D eigenvalue weighted by Gasteiger charge is 2.11. The fourth-order valence-electron chi connectivity index (χ4n) is 1.89. The summed E-state index contributed by atoms with van der Waals surface area (Å²) in [6.45, 7) is 2.57. The van der Waals surface area contributed by atoms with Gasteiger partial charge in [-0.05, 0) is 30.7 Å². The standard InChI is InChI=1S/C14H17N3/c1-11-8-9-16-14(13(11)10-15)17(2)12-6-4-3-5-7-12/h3-9H,10,15H2,1-2H3. The minimum Gasteiger partial charge on any atom is -0.329 e. The van der Waals surface area contributed by atoms with Gasteiger partial charge in [0.05, 0.1) is 0 Å². The minimum atomic E-state index is 0.506. The predicted molar refractivity (Wildman–Crippen MR) is 71.4 cm³/mol. The first kappa shape index (κ1) is 11.6. The van der Waals surface area contributed by atoms with Crippen LogP contribution in [0, 0.1) is 6.92 Å². The second-order valence-corrected chi connectivity index (χ2v) is 4.03. The van der Waals surface area contributed by atoms with Crippen LogP contribution in [0.3, 0.4) is 0 Å². The van der Waals surface area contributed by atoms with Gasteiger partial charge in [-0.1, -0.05) is 18.2 Å². The molecule has 1 aromatic carbocycles. The largest absolute Gasteiger partial charge is 0.329 e. The third-order valence-corrected chi connectivity index (χ3v) is 2.93. The molecule has 0 aliphatic carbocycles. The Balaban J connectivity index is 2.44. The molecule has 0 unspecified atom stereocenters. The maximum absolute atomic E-state index is 5.80. The smallest absolute Gasteiger partial charge is 0.137 e. The molecule has 1 aromatic heterocycles. The van der Waals surface area contributed by atoms with Crippen molar-refractivity contribution in [2.45, 2.75) is 13.5 Å². The van der Waals surface area contributed by atoms with Gasteiger partial charge >= 0.3 is 0 Å². The molecule has 2 aromatic rings. The molecule has 0 spiro atoms. The van der Waals surface area contributed by atoms with E-state index in [0.29, 0.717) is 6.54 Å².